The Bertz CT molecular complexity index is 2650. The van der Waals surface area contributed by atoms with E-state index in [1.807, 2.05) is 55.5 Å². The molecular weight excluding hydrogens is 655 g/mol. The van der Waals surface area contributed by atoms with Gasteiger partial charge in [0.1, 0.15) is 0 Å². The van der Waals surface area contributed by atoms with Gasteiger partial charge >= 0.3 is 0 Å². The number of hydrogen-bond donors (Lipinski definition) is 0. The number of rotatable bonds is 6. The second-order valence-corrected chi connectivity index (χ2v) is 13.5. The average Bonchev–Trinajstić information content (AvgIpc) is 3.31. The fourth-order valence-corrected chi connectivity index (χ4v) is 6.80. The molecule has 0 unspecified atom stereocenters. The number of para-hydroxylation sites is 1. The van der Waals surface area contributed by atoms with Crippen molar-refractivity contribution in [1.82, 2.24) is 4.57 Å². The fraction of sp³-hybridized carbons (Fsp3) is 0.0784. The van der Waals surface area contributed by atoms with Crippen molar-refractivity contribution in [3.05, 3.63) is 227 Å². The van der Waals surface area contributed by atoms with E-state index in [9.17, 15) is 0 Å². The zero-order valence-electron chi connectivity index (χ0n) is 31.3. The van der Waals surface area contributed by atoms with Gasteiger partial charge in [-0.1, -0.05) is 140 Å². The second-order valence-electron chi connectivity index (χ2n) is 13.5. The maximum atomic E-state index is 5.05. The van der Waals surface area contributed by atoms with E-state index in [2.05, 4.69) is 165 Å². The number of allylic oxidation sites excluding steroid dienone is 4. The van der Waals surface area contributed by atoms with Crippen molar-refractivity contribution in [2.24, 2.45) is 9.98 Å². The number of aryl methyl sites for hydroxylation is 3. The van der Waals surface area contributed by atoms with Gasteiger partial charge in [0.05, 0.1) is 16.7 Å². The molecule has 54 heavy (non-hydrogen) atoms. The van der Waals surface area contributed by atoms with E-state index in [1.165, 1.54) is 49.6 Å². The van der Waals surface area contributed by atoms with Crippen LogP contribution in [0.3, 0.4) is 0 Å². The number of nitrogens with zero attached hydrogens (tertiary/aromatic N) is 3. The first-order chi connectivity index (χ1) is 26.4. The summed E-state index contributed by atoms with van der Waals surface area (Å²) in [6.07, 6.45) is 9.64. The molecule has 0 radical (unpaired) electrons. The molecule has 0 aliphatic heterocycles. The van der Waals surface area contributed by atoms with E-state index in [0.29, 0.717) is 11.5 Å². The van der Waals surface area contributed by atoms with Crippen molar-refractivity contribution in [2.75, 3.05) is 0 Å². The van der Waals surface area contributed by atoms with Crippen LogP contribution in [0.15, 0.2) is 210 Å². The highest BCUT2D eigenvalue weighted by Gasteiger charge is 2.14. The van der Waals surface area contributed by atoms with Crippen LogP contribution >= 0.6 is 0 Å². The van der Waals surface area contributed by atoms with Crippen LogP contribution in [-0.2, 0) is 0 Å². The predicted molar refractivity (Wildman–Crippen MR) is 231 cm³/mol. The number of hydrogen-bond acceptors (Lipinski definition) is 1. The highest BCUT2D eigenvalue weighted by molar-refractivity contribution is 6.13. The van der Waals surface area contributed by atoms with Gasteiger partial charge in [-0.15, -0.1) is 5.73 Å². The molecule has 1 heterocycles. The van der Waals surface area contributed by atoms with Crippen LogP contribution in [0.2, 0.25) is 0 Å². The van der Waals surface area contributed by atoms with Crippen LogP contribution in [0.5, 0.6) is 0 Å². The van der Waals surface area contributed by atoms with Crippen LogP contribution in [-0.4, -0.2) is 16.1 Å². The Morgan fingerprint density at radius 3 is 1.98 bits per heavy atom. The Hall–Kier alpha value is -6.80. The van der Waals surface area contributed by atoms with Crippen LogP contribution < -0.4 is 0 Å². The lowest BCUT2D eigenvalue weighted by atomic mass is 9.97. The number of aliphatic imine (C=N–C) groups is 2. The molecule has 8 rings (SSSR count). The number of aromatic nitrogens is 1. The van der Waals surface area contributed by atoms with Crippen molar-refractivity contribution < 1.29 is 0 Å². The first-order valence-corrected chi connectivity index (χ1v) is 18.3. The molecule has 0 spiro atoms. The molecule has 1 aliphatic carbocycles. The van der Waals surface area contributed by atoms with Crippen molar-refractivity contribution in [3.8, 4) is 16.8 Å². The van der Waals surface area contributed by atoms with E-state index in [1.54, 1.807) is 0 Å². The quantitative estimate of drug-likeness (QED) is 0.0941. The van der Waals surface area contributed by atoms with Crippen molar-refractivity contribution in [1.29, 1.82) is 0 Å². The van der Waals surface area contributed by atoms with Crippen molar-refractivity contribution >= 4 is 33.4 Å². The van der Waals surface area contributed by atoms with Gasteiger partial charge < -0.3 is 4.57 Å². The van der Waals surface area contributed by atoms with Crippen molar-refractivity contribution in [3.63, 3.8) is 0 Å². The SMILES string of the molecule is C=C(N=C(N=C(C)c1ccccc1)c1cccc(-n2c3ccccc3c3cc(C)ccc32)c1)C1=CC=C=CC=C1.Cc1ccccc1-c1ccccc1C. The molecule has 1 aliphatic rings. The minimum Gasteiger partial charge on any atom is -0.309 e. The molecule has 7 aromatic rings. The van der Waals surface area contributed by atoms with Crippen LogP contribution in [0.25, 0.3) is 38.6 Å². The Morgan fingerprint density at radius 2 is 1.24 bits per heavy atom. The lowest BCUT2D eigenvalue weighted by Gasteiger charge is -2.12. The molecule has 0 N–H and O–H groups in total. The maximum absolute atomic E-state index is 5.05. The molecule has 0 saturated carbocycles. The average molecular weight is 698 g/mol. The van der Waals surface area contributed by atoms with E-state index >= 15 is 0 Å². The Balaban J connectivity index is 0.000000269. The van der Waals surface area contributed by atoms with Crippen LogP contribution in [0.1, 0.15) is 34.7 Å². The lowest BCUT2D eigenvalue weighted by Crippen LogP contribution is -2.06. The van der Waals surface area contributed by atoms with Gasteiger partial charge in [-0.05, 0) is 104 Å². The third-order valence-corrected chi connectivity index (χ3v) is 9.64. The van der Waals surface area contributed by atoms with Gasteiger partial charge in [0.25, 0.3) is 0 Å². The summed E-state index contributed by atoms with van der Waals surface area (Å²) in [5.74, 6) is 0.611. The van der Waals surface area contributed by atoms with Crippen molar-refractivity contribution in [2.45, 2.75) is 27.7 Å². The molecule has 0 amide bonds. The molecule has 1 aromatic heterocycles. The van der Waals surface area contributed by atoms with Gasteiger partial charge in [-0.3, -0.25) is 0 Å². The summed E-state index contributed by atoms with van der Waals surface area (Å²) in [6.45, 7) is 12.8. The number of amidine groups is 1. The Kier molecular flexibility index (Phi) is 10.7. The summed E-state index contributed by atoms with van der Waals surface area (Å²) in [6, 6.07) is 50.8. The molecule has 0 atom stereocenters. The van der Waals surface area contributed by atoms with Gasteiger partial charge in [-0.2, -0.15) is 0 Å². The van der Waals surface area contributed by atoms with E-state index < -0.39 is 0 Å². The summed E-state index contributed by atoms with van der Waals surface area (Å²) in [5.41, 5.74) is 17.5. The summed E-state index contributed by atoms with van der Waals surface area (Å²) in [7, 11) is 0. The molecule has 0 fully saturated rings. The van der Waals surface area contributed by atoms with Crippen LogP contribution in [0, 0.1) is 20.8 Å². The normalized spacial score (nSPS) is 12.7. The third-order valence-electron chi connectivity index (χ3n) is 9.64. The second kappa shape index (κ2) is 16.3. The first kappa shape index (κ1) is 35.6. The van der Waals surface area contributed by atoms with Gasteiger partial charge in [0, 0.05) is 33.3 Å². The third kappa shape index (κ3) is 7.83. The van der Waals surface area contributed by atoms with E-state index in [-0.39, 0.29) is 0 Å². The lowest BCUT2D eigenvalue weighted by molar-refractivity contribution is 1.17. The molecule has 3 heteroatoms. The summed E-state index contributed by atoms with van der Waals surface area (Å²) in [5, 5.41) is 2.48. The summed E-state index contributed by atoms with van der Waals surface area (Å²) < 4.78 is 2.32. The molecule has 3 nitrogen and oxygen atoms in total. The highest BCUT2D eigenvalue weighted by atomic mass is 15.0. The Morgan fingerprint density at radius 1 is 0.593 bits per heavy atom. The number of fused-ring (bicyclic) bond motifs is 3. The van der Waals surface area contributed by atoms with Gasteiger partial charge in [0.2, 0.25) is 0 Å². The summed E-state index contributed by atoms with van der Waals surface area (Å²) >= 11 is 0. The first-order valence-electron chi connectivity index (χ1n) is 18.3. The zero-order chi connectivity index (χ0) is 37.4. The van der Waals surface area contributed by atoms with Gasteiger partial charge in [0.15, 0.2) is 5.84 Å². The zero-order valence-corrected chi connectivity index (χ0v) is 31.3. The standard InChI is InChI=1S/C37H29N3.C14H14/c1-26-22-23-36-34(24-26)33-20-11-12-21-35(33)40(36)32-19-13-18-31(25-32)37(39-28(3)30-16-9-6-10-17-30)38-27(2)29-14-7-4-5-8-15-29;1-11-7-3-5-9-13(11)14-10-6-4-8-12(14)2/h4,6-25H,2H2,1,3H3;3-10H,1-2H3. The smallest absolute Gasteiger partial charge is 0.160 e. The molecule has 6 aromatic carbocycles. The molecule has 0 saturated heterocycles. The largest absolute Gasteiger partial charge is 0.309 e. The minimum absolute atomic E-state index is 0.611. The Labute approximate surface area is 318 Å². The molecule has 0 bridgehead atoms. The van der Waals surface area contributed by atoms with Gasteiger partial charge in [-0.25, -0.2) is 9.98 Å². The maximum Gasteiger partial charge on any atom is 0.160 e. The van der Waals surface area contributed by atoms with E-state index in [0.717, 1.165) is 28.1 Å². The molecular formula is C51H43N3. The topological polar surface area (TPSA) is 29.6 Å². The summed E-state index contributed by atoms with van der Waals surface area (Å²) in [4.78, 5) is 10.0. The fourth-order valence-electron chi connectivity index (χ4n) is 6.80. The number of benzene rings is 6. The van der Waals surface area contributed by atoms with E-state index in [4.69, 9.17) is 9.98 Å². The monoisotopic (exact) mass is 697 g/mol. The van der Waals surface area contributed by atoms with Crippen LogP contribution in [0.4, 0.5) is 0 Å². The minimum atomic E-state index is 0.611. The molecule has 262 valence electrons. The highest BCUT2D eigenvalue weighted by Crippen LogP contribution is 2.33. The predicted octanol–water partition coefficient (Wildman–Crippen LogP) is 13.0.